The molecule has 8 nitrogen and oxygen atoms in total. The summed E-state index contributed by atoms with van der Waals surface area (Å²) in [7, 11) is 0. The van der Waals surface area contributed by atoms with E-state index in [0.717, 1.165) is 33.2 Å². The van der Waals surface area contributed by atoms with E-state index in [1.54, 1.807) is 24.8 Å². The number of carbonyl (C=O) groups excluding carboxylic acids is 1. The van der Waals surface area contributed by atoms with Gasteiger partial charge >= 0.3 is 0 Å². The van der Waals surface area contributed by atoms with Crippen LogP contribution < -0.4 is 11.1 Å². The van der Waals surface area contributed by atoms with Gasteiger partial charge in [0, 0.05) is 59.0 Å². The van der Waals surface area contributed by atoms with Gasteiger partial charge in [0.15, 0.2) is 0 Å². The lowest BCUT2D eigenvalue weighted by Crippen LogP contribution is -2.26. The zero-order chi connectivity index (χ0) is 29.7. The Bertz CT molecular complexity index is 1660. The summed E-state index contributed by atoms with van der Waals surface area (Å²) in [5.41, 5.74) is 12.6. The first kappa shape index (κ1) is 29.1. The molecule has 0 aliphatic carbocycles. The van der Waals surface area contributed by atoms with Crippen molar-refractivity contribution in [1.29, 1.82) is 5.41 Å². The standard InChI is InChI=1S/C33H37N7O/c1-7-20(2)12-23(13-21(3)39-30(41)16-33(4,5)6)24-14-26(32(35)38-17-24)31(34)28-15-25-27(18-37-19-29(25)40-28)22-8-10-36-11-9-22/h7-15,17-20,34,40H,1,16H2,2-6H3,(H2,35,38)(H,39,41)/b21-13+,23-12+,34-31?/t20-/m0/s1. The van der Waals surface area contributed by atoms with Crippen LogP contribution in [0.25, 0.3) is 27.6 Å². The Hall–Kier alpha value is -4.85. The second kappa shape index (κ2) is 12.1. The zero-order valence-electron chi connectivity index (χ0n) is 24.2. The highest BCUT2D eigenvalue weighted by Crippen LogP contribution is 2.30. The number of aromatic amines is 1. The molecule has 4 rings (SSSR count). The van der Waals surface area contributed by atoms with Gasteiger partial charge in [-0.2, -0.15) is 0 Å². The van der Waals surface area contributed by atoms with Crippen LogP contribution in [-0.2, 0) is 4.79 Å². The number of H-pyrrole nitrogens is 1. The summed E-state index contributed by atoms with van der Waals surface area (Å²) in [5.74, 6) is 0.271. The highest BCUT2D eigenvalue weighted by Gasteiger charge is 2.18. The first-order valence-corrected chi connectivity index (χ1v) is 13.5. The molecule has 5 N–H and O–H groups in total. The lowest BCUT2D eigenvalue weighted by molar-refractivity contribution is -0.122. The van der Waals surface area contributed by atoms with E-state index in [9.17, 15) is 4.79 Å². The van der Waals surface area contributed by atoms with Crippen molar-refractivity contribution in [2.24, 2.45) is 11.3 Å². The number of nitrogens with zero attached hydrogens (tertiary/aromatic N) is 3. The van der Waals surface area contributed by atoms with Crippen molar-refractivity contribution in [1.82, 2.24) is 25.3 Å². The molecule has 0 aromatic carbocycles. The van der Waals surface area contributed by atoms with Crippen molar-refractivity contribution in [2.45, 2.75) is 41.0 Å². The number of rotatable bonds is 9. The van der Waals surface area contributed by atoms with Crippen LogP contribution in [0.4, 0.5) is 5.82 Å². The molecule has 41 heavy (non-hydrogen) atoms. The molecule has 0 bridgehead atoms. The second-order valence-corrected chi connectivity index (χ2v) is 11.4. The summed E-state index contributed by atoms with van der Waals surface area (Å²) < 4.78 is 0. The molecule has 8 heteroatoms. The van der Waals surface area contributed by atoms with Gasteiger partial charge in [0.25, 0.3) is 0 Å². The molecule has 210 valence electrons. The Morgan fingerprint density at radius 3 is 2.59 bits per heavy atom. The van der Waals surface area contributed by atoms with E-state index in [2.05, 4.69) is 31.8 Å². The number of anilines is 1. The molecule has 0 unspecified atom stereocenters. The average molecular weight is 548 g/mol. The molecular formula is C33H37N7O. The third-order valence-corrected chi connectivity index (χ3v) is 6.54. The van der Waals surface area contributed by atoms with Crippen LogP contribution in [0.2, 0.25) is 0 Å². The molecule has 4 aromatic rings. The van der Waals surface area contributed by atoms with Crippen molar-refractivity contribution >= 4 is 33.9 Å². The van der Waals surface area contributed by atoms with Crippen LogP contribution in [0.3, 0.4) is 0 Å². The van der Waals surface area contributed by atoms with Gasteiger partial charge in [0.2, 0.25) is 5.91 Å². The van der Waals surface area contributed by atoms with Crippen molar-refractivity contribution in [3.63, 3.8) is 0 Å². The number of hydrogen-bond donors (Lipinski definition) is 4. The molecule has 0 radical (unpaired) electrons. The summed E-state index contributed by atoms with van der Waals surface area (Å²) in [5, 5.41) is 13.0. The van der Waals surface area contributed by atoms with Crippen molar-refractivity contribution in [3.8, 4) is 11.1 Å². The van der Waals surface area contributed by atoms with Crippen LogP contribution in [0.15, 0.2) is 85.8 Å². The minimum absolute atomic E-state index is 0.0419. The maximum absolute atomic E-state index is 12.5. The molecule has 0 aliphatic rings. The van der Waals surface area contributed by atoms with E-state index in [1.165, 1.54) is 0 Å². The van der Waals surface area contributed by atoms with E-state index in [0.29, 0.717) is 23.4 Å². The smallest absolute Gasteiger partial charge is 0.224 e. The largest absolute Gasteiger partial charge is 0.383 e. The fourth-order valence-electron chi connectivity index (χ4n) is 4.52. The quantitative estimate of drug-likeness (QED) is 0.105. The molecule has 0 aliphatic heterocycles. The predicted molar refractivity (Wildman–Crippen MR) is 167 cm³/mol. The summed E-state index contributed by atoms with van der Waals surface area (Å²) in [6.45, 7) is 13.9. The van der Waals surface area contributed by atoms with Crippen molar-refractivity contribution < 1.29 is 4.79 Å². The fourth-order valence-corrected chi connectivity index (χ4v) is 4.52. The highest BCUT2D eigenvalue weighted by atomic mass is 16.1. The Morgan fingerprint density at radius 1 is 1.17 bits per heavy atom. The number of hydrogen-bond acceptors (Lipinski definition) is 6. The van der Waals surface area contributed by atoms with E-state index in [4.69, 9.17) is 11.1 Å². The molecule has 4 heterocycles. The molecule has 4 aromatic heterocycles. The third kappa shape index (κ3) is 7.22. The number of carbonyl (C=O) groups is 1. The lowest BCUT2D eigenvalue weighted by Gasteiger charge is -2.17. The topological polar surface area (TPSA) is 133 Å². The van der Waals surface area contributed by atoms with Gasteiger partial charge < -0.3 is 16.0 Å². The Labute approximate surface area is 241 Å². The van der Waals surface area contributed by atoms with Crippen molar-refractivity contribution in [3.05, 3.63) is 103 Å². The lowest BCUT2D eigenvalue weighted by atomic mass is 9.92. The number of nitrogens with one attached hydrogen (secondary N) is 3. The zero-order valence-corrected chi connectivity index (χ0v) is 24.2. The molecule has 1 atom stereocenters. The first-order valence-electron chi connectivity index (χ1n) is 13.5. The summed E-state index contributed by atoms with van der Waals surface area (Å²) in [6, 6.07) is 7.66. The molecule has 0 saturated carbocycles. The summed E-state index contributed by atoms with van der Waals surface area (Å²) >= 11 is 0. The Balaban J connectivity index is 1.71. The normalized spacial score (nSPS) is 13.2. The first-order chi connectivity index (χ1) is 19.4. The monoisotopic (exact) mass is 547 g/mol. The van der Waals surface area contributed by atoms with Crippen molar-refractivity contribution in [2.75, 3.05) is 5.73 Å². The number of fused-ring (bicyclic) bond motifs is 1. The molecular weight excluding hydrogens is 510 g/mol. The van der Waals surface area contributed by atoms with Gasteiger partial charge in [-0.25, -0.2) is 4.98 Å². The van der Waals surface area contributed by atoms with Gasteiger partial charge in [-0.05, 0) is 59.7 Å². The fraction of sp³-hybridized carbons (Fsp3) is 0.242. The molecule has 0 saturated heterocycles. The average Bonchev–Trinajstić information content (AvgIpc) is 3.36. The van der Waals surface area contributed by atoms with Crippen LogP contribution in [0.5, 0.6) is 0 Å². The van der Waals surface area contributed by atoms with Gasteiger partial charge in [0.05, 0.1) is 23.1 Å². The van der Waals surface area contributed by atoms with E-state index >= 15 is 0 Å². The highest BCUT2D eigenvalue weighted by molar-refractivity contribution is 6.15. The minimum Gasteiger partial charge on any atom is -0.383 e. The predicted octanol–water partition coefficient (Wildman–Crippen LogP) is 6.68. The SMILES string of the molecule is C=C[C@H](C)/C=C(\C=C(/C)NC(=O)CC(C)(C)C)c1cnc(N)c(C(=N)c2cc3c(-c4ccncc4)cncc3[nH]2)c1. The Morgan fingerprint density at radius 2 is 1.90 bits per heavy atom. The number of allylic oxidation sites excluding steroid dienone is 5. The number of amides is 1. The van der Waals surface area contributed by atoms with Gasteiger partial charge in [-0.3, -0.25) is 20.2 Å². The van der Waals surface area contributed by atoms with Gasteiger partial charge in [-0.15, -0.1) is 6.58 Å². The van der Waals surface area contributed by atoms with E-state index in [1.807, 2.05) is 83.3 Å². The van der Waals surface area contributed by atoms with Crippen LogP contribution in [0.1, 0.15) is 57.9 Å². The maximum atomic E-state index is 12.5. The van der Waals surface area contributed by atoms with Gasteiger partial charge in [-0.1, -0.05) is 39.8 Å². The van der Waals surface area contributed by atoms with Crippen LogP contribution in [0, 0.1) is 16.7 Å². The second-order valence-electron chi connectivity index (χ2n) is 11.4. The minimum atomic E-state index is -0.117. The summed E-state index contributed by atoms with van der Waals surface area (Å²) in [4.78, 5) is 28.8. The van der Waals surface area contributed by atoms with Crippen LogP contribution in [-0.4, -0.2) is 31.6 Å². The number of nitrogens with two attached hydrogens (primary N) is 1. The Kier molecular flexibility index (Phi) is 8.62. The summed E-state index contributed by atoms with van der Waals surface area (Å²) in [6.07, 6.45) is 14.9. The molecule has 0 fully saturated rings. The third-order valence-electron chi connectivity index (χ3n) is 6.54. The number of nitrogen functional groups attached to an aromatic ring is 1. The molecule has 1 amide bonds. The van der Waals surface area contributed by atoms with Gasteiger partial charge in [0.1, 0.15) is 5.82 Å². The molecule has 0 spiro atoms. The van der Waals surface area contributed by atoms with E-state index in [-0.39, 0.29) is 28.8 Å². The number of aromatic nitrogens is 4. The number of pyridine rings is 3. The maximum Gasteiger partial charge on any atom is 0.224 e. The van der Waals surface area contributed by atoms with E-state index < -0.39 is 0 Å². The van der Waals surface area contributed by atoms with Crippen LogP contribution >= 0.6 is 0 Å².